The molecule has 2 aliphatic carbocycles. The SMILES string of the molecule is CC1=NC2=C(C(=O)CCC2)[C@H](c2ccc(I)cc2)C1C(=O)OC1CCCC1. The van der Waals surface area contributed by atoms with Crippen molar-refractivity contribution in [1.29, 1.82) is 0 Å². The van der Waals surface area contributed by atoms with Crippen molar-refractivity contribution < 1.29 is 14.3 Å². The Balaban J connectivity index is 1.74. The number of hydrogen-bond donors (Lipinski definition) is 0. The van der Waals surface area contributed by atoms with E-state index < -0.39 is 5.92 Å². The van der Waals surface area contributed by atoms with Crippen LogP contribution in [0.15, 0.2) is 40.5 Å². The standard InChI is InChI=1S/C22H24INO3/c1-13-19(22(26)27-16-5-2-3-6-16)20(14-9-11-15(23)12-10-14)21-17(24-13)7-4-8-18(21)25/h9-12,16,19-20H,2-8H2,1H3/t19?,20-/m1/s1. The van der Waals surface area contributed by atoms with E-state index in [0.29, 0.717) is 6.42 Å². The third-order valence-corrected chi connectivity index (χ3v) is 6.62. The van der Waals surface area contributed by atoms with E-state index in [4.69, 9.17) is 9.73 Å². The van der Waals surface area contributed by atoms with Crippen molar-refractivity contribution in [2.45, 2.75) is 63.9 Å². The first-order chi connectivity index (χ1) is 13.0. The lowest BCUT2D eigenvalue weighted by Crippen LogP contribution is -2.38. The van der Waals surface area contributed by atoms with Crippen LogP contribution >= 0.6 is 22.6 Å². The van der Waals surface area contributed by atoms with Gasteiger partial charge in [0.1, 0.15) is 12.0 Å². The number of carbonyl (C=O) groups is 2. The third kappa shape index (κ3) is 3.75. The smallest absolute Gasteiger partial charge is 0.315 e. The number of esters is 1. The van der Waals surface area contributed by atoms with Crippen molar-refractivity contribution in [3.8, 4) is 0 Å². The summed E-state index contributed by atoms with van der Waals surface area (Å²) in [6.07, 6.45) is 6.31. The van der Waals surface area contributed by atoms with Crippen LogP contribution in [0.3, 0.4) is 0 Å². The minimum atomic E-state index is -0.508. The molecule has 3 aliphatic rings. The van der Waals surface area contributed by atoms with Crippen molar-refractivity contribution in [2.75, 3.05) is 0 Å². The average molecular weight is 477 g/mol. The lowest BCUT2D eigenvalue weighted by Gasteiger charge is -2.35. The lowest BCUT2D eigenvalue weighted by molar-refractivity contribution is -0.151. The first-order valence-electron chi connectivity index (χ1n) is 9.82. The minimum Gasteiger partial charge on any atom is -0.462 e. The van der Waals surface area contributed by atoms with E-state index in [1.165, 1.54) is 0 Å². The van der Waals surface area contributed by atoms with E-state index in [1.807, 2.05) is 31.2 Å². The Hall–Kier alpha value is -1.50. The van der Waals surface area contributed by atoms with Crippen molar-refractivity contribution >= 4 is 40.1 Å². The molecule has 1 unspecified atom stereocenters. The quantitative estimate of drug-likeness (QED) is 0.457. The van der Waals surface area contributed by atoms with Crippen LogP contribution < -0.4 is 0 Å². The van der Waals surface area contributed by atoms with E-state index in [2.05, 4.69) is 22.6 Å². The van der Waals surface area contributed by atoms with Gasteiger partial charge in [0.25, 0.3) is 0 Å². The summed E-state index contributed by atoms with van der Waals surface area (Å²) < 4.78 is 6.99. The number of halogens is 1. The number of hydrogen-bond acceptors (Lipinski definition) is 4. The molecule has 0 bridgehead atoms. The van der Waals surface area contributed by atoms with Gasteiger partial charge >= 0.3 is 5.97 Å². The topological polar surface area (TPSA) is 55.7 Å². The molecule has 1 heterocycles. The summed E-state index contributed by atoms with van der Waals surface area (Å²) in [6, 6.07) is 8.13. The average Bonchev–Trinajstić information content (AvgIpc) is 3.14. The fraction of sp³-hybridized carbons (Fsp3) is 0.500. The number of benzene rings is 1. The van der Waals surface area contributed by atoms with Gasteiger partial charge in [0.15, 0.2) is 5.78 Å². The maximum Gasteiger partial charge on any atom is 0.315 e. The maximum atomic E-state index is 13.2. The van der Waals surface area contributed by atoms with Crippen LogP contribution in [0, 0.1) is 9.49 Å². The van der Waals surface area contributed by atoms with E-state index in [1.54, 1.807) is 0 Å². The van der Waals surface area contributed by atoms with Crippen LogP contribution in [0.5, 0.6) is 0 Å². The molecule has 1 aliphatic heterocycles. The third-order valence-electron chi connectivity index (χ3n) is 5.90. The number of Topliss-reactive ketones (excluding diaryl/α,β-unsaturated/α-hetero) is 1. The Morgan fingerprint density at radius 3 is 2.52 bits per heavy atom. The number of ketones is 1. The van der Waals surface area contributed by atoms with Crippen LogP contribution in [0.25, 0.3) is 0 Å². The van der Waals surface area contributed by atoms with Crippen LogP contribution in [-0.2, 0) is 14.3 Å². The van der Waals surface area contributed by atoms with Gasteiger partial charge in [-0.1, -0.05) is 12.1 Å². The molecular formula is C22H24INO3. The molecular weight excluding hydrogens is 453 g/mol. The highest BCUT2D eigenvalue weighted by molar-refractivity contribution is 14.1. The largest absolute Gasteiger partial charge is 0.462 e. The van der Waals surface area contributed by atoms with Gasteiger partial charge in [0.05, 0.1) is 0 Å². The molecule has 4 nitrogen and oxygen atoms in total. The molecule has 0 N–H and O–H groups in total. The summed E-state index contributed by atoms with van der Waals surface area (Å²) in [4.78, 5) is 30.7. The maximum absolute atomic E-state index is 13.2. The van der Waals surface area contributed by atoms with Gasteiger partial charge in [-0.2, -0.15) is 0 Å². The molecule has 0 spiro atoms. The molecule has 0 radical (unpaired) electrons. The van der Waals surface area contributed by atoms with Crippen LogP contribution in [0.4, 0.5) is 0 Å². The van der Waals surface area contributed by atoms with Gasteiger partial charge in [-0.05, 0) is 85.7 Å². The summed E-state index contributed by atoms with van der Waals surface area (Å²) in [7, 11) is 0. The Labute approximate surface area is 173 Å². The van der Waals surface area contributed by atoms with Crippen molar-refractivity contribution in [3.63, 3.8) is 0 Å². The molecule has 2 atom stereocenters. The lowest BCUT2D eigenvalue weighted by atomic mass is 9.72. The van der Waals surface area contributed by atoms with Crippen LogP contribution in [-0.4, -0.2) is 23.6 Å². The highest BCUT2D eigenvalue weighted by atomic mass is 127. The summed E-state index contributed by atoms with van der Waals surface area (Å²) in [6.45, 7) is 1.91. The van der Waals surface area contributed by atoms with Gasteiger partial charge in [-0.15, -0.1) is 0 Å². The van der Waals surface area contributed by atoms with Crippen LogP contribution in [0.1, 0.15) is 63.4 Å². The Morgan fingerprint density at radius 1 is 1.11 bits per heavy atom. The zero-order chi connectivity index (χ0) is 19.0. The zero-order valence-corrected chi connectivity index (χ0v) is 17.7. The molecule has 4 rings (SSSR count). The summed E-state index contributed by atoms with van der Waals surface area (Å²) in [5.41, 5.74) is 3.38. The molecule has 0 aromatic heterocycles. The number of allylic oxidation sites excluding steroid dienone is 2. The summed E-state index contributed by atoms with van der Waals surface area (Å²) in [5, 5.41) is 0. The van der Waals surface area contributed by atoms with Crippen molar-refractivity contribution in [3.05, 3.63) is 44.7 Å². The highest BCUT2D eigenvalue weighted by Crippen LogP contribution is 2.44. The first-order valence-corrected chi connectivity index (χ1v) is 10.9. The summed E-state index contributed by atoms with van der Waals surface area (Å²) >= 11 is 2.27. The molecule has 1 aromatic rings. The second-order valence-electron chi connectivity index (χ2n) is 7.74. The molecule has 1 aromatic carbocycles. The number of nitrogens with zero attached hydrogens (tertiary/aromatic N) is 1. The minimum absolute atomic E-state index is 0.0140. The fourth-order valence-electron chi connectivity index (χ4n) is 4.59. The summed E-state index contributed by atoms with van der Waals surface area (Å²) in [5.74, 6) is -0.881. The van der Waals surface area contributed by atoms with E-state index in [-0.39, 0.29) is 23.8 Å². The van der Waals surface area contributed by atoms with Gasteiger partial charge in [-0.3, -0.25) is 14.6 Å². The fourth-order valence-corrected chi connectivity index (χ4v) is 4.95. The van der Waals surface area contributed by atoms with Crippen LogP contribution in [0.2, 0.25) is 0 Å². The molecule has 142 valence electrons. The molecule has 1 saturated carbocycles. The van der Waals surface area contributed by atoms with E-state index in [9.17, 15) is 9.59 Å². The monoisotopic (exact) mass is 477 g/mol. The normalized spacial score (nSPS) is 26.0. The predicted octanol–water partition coefficient (Wildman–Crippen LogP) is 4.96. The highest BCUT2D eigenvalue weighted by Gasteiger charge is 2.43. The number of ether oxygens (including phenoxy) is 1. The van der Waals surface area contributed by atoms with Gasteiger partial charge in [-0.25, -0.2) is 0 Å². The van der Waals surface area contributed by atoms with Crippen molar-refractivity contribution in [2.24, 2.45) is 10.9 Å². The Bertz CT molecular complexity index is 818. The van der Waals surface area contributed by atoms with E-state index >= 15 is 0 Å². The second kappa shape index (κ2) is 7.86. The van der Waals surface area contributed by atoms with Gasteiger partial charge in [0, 0.05) is 32.9 Å². The first kappa shape index (κ1) is 18.8. The molecule has 1 fully saturated rings. The number of aliphatic imine (C=N–C) groups is 1. The zero-order valence-electron chi connectivity index (χ0n) is 15.5. The molecule has 27 heavy (non-hydrogen) atoms. The number of carbonyl (C=O) groups excluding carboxylic acids is 2. The van der Waals surface area contributed by atoms with E-state index in [0.717, 1.165) is 64.6 Å². The van der Waals surface area contributed by atoms with Gasteiger partial charge < -0.3 is 4.74 Å². The second-order valence-corrected chi connectivity index (χ2v) is 8.99. The van der Waals surface area contributed by atoms with Crippen molar-refractivity contribution in [1.82, 2.24) is 0 Å². The molecule has 0 saturated heterocycles. The molecule has 5 heteroatoms. The van der Waals surface area contributed by atoms with Gasteiger partial charge in [0.2, 0.25) is 0 Å². The Kier molecular flexibility index (Phi) is 5.48. The predicted molar refractivity (Wildman–Crippen MR) is 113 cm³/mol. The number of rotatable bonds is 3. The molecule has 0 amide bonds. The Morgan fingerprint density at radius 2 is 1.81 bits per heavy atom.